The minimum atomic E-state index is -0.590. The lowest BCUT2D eigenvalue weighted by Gasteiger charge is -2.13. The maximum absolute atomic E-state index is 14.6. The van der Waals surface area contributed by atoms with E-state index in [0.717, 1.165) is 11.6 Å². The monoisotopic (exact) mass is 410 g/mol. The molecule has 160 valence electrons. The van der Waals surface area contributed by atoms with Crippen LogP contribution in [-0.2, 0) is 14.3 Å². The molecule has 0 aromatic carbocycles. The summed E-state index contributed by atoms with van der Waals surface area (Å²) in [6.07, 6.45) is 7.96. The van der Waals surface area contributed by atoms with Crippen LogP contribution in [0.3, 0.4) is 0 Å². The van der Waals surface area contributed by atoms with E-state index in [9.17, 15) is 9.18 Å². The second-order valence-corrected chi connectivity index (χ2v) is 6.41. The summed E-state index contributed by atoms with van der Waals surface area (Å²) < 4.78 is 25.1. The highest BCUT2D eigenvalue weighted by atomic mass is 19.1. The molecular formula is C26H31FO3. The van der Waals surface area contributed by atoms with Gasteiger partial charge in [0.1, 0.15) is 24.8 Å². The summed E-state index contributed by atoms with van der Waals surface area (Å²) in [4.78, 5) is 11.1. The van der Waals surface area contributed by atoms with E-state index in [1.807, 2.05) is 13.8 Å². The van der Waals surface area contributed by atoms with Crippen molar-refractivity contribution in [1.82, 2.24) is 0 Å². The van der Waals surface area contributed by atoms with Crippen LogP contribution in [0.25, 0.3) is 0 Å². The van der Waals surface area contributed by atoms with Crippen LogP contribution in [-0.4, -0.2) is 19.2 Å². The Morgan fingerprint density at radius 2 is 1.50 bits per heavy atom. The third-order valence-electron chi connectivity index (χ3n) is 3.79. The van der Waals surface area contributed by atoms with Crippen LogP contribution in [0, 0.1) is 0 Å². The van der Waals surface area contributed by atoms with Gasteiger partial charge >= 0.3 is 5.97 Å². The van der Waals surface area contributed by atoms with Gasteiger partial charge in [0.15, 0.2) is 0 Å². The lowest BCUT2D eigenvalue weighted by Crippen LogP contribution is -2.09. The number of carbonyl (C=O) groups is 1. The van der Waals surface area contributed by atoms with Crippen molar-refractivity contribution in [2.75, 3.05) is 13.2 Å². The highest BCUT2D eigenvalue weighted by molar-refractivity contribution is 5.81. The molecule has 0 unspecified atom stereocenters. The summed E-state index contributed by atoms with van der Waals surface area (Å²) in [5.74, 6) is -0.713. The summed E-state index contributed by atoms with van der Waals surface area (Å²) in [5.41, 5.74) is 2.88. The van der Waals surface area contributed by atoms with Crippen LogP contribution in [0.4, 0.5) is 4.39 Å². The van der Waals surface area contributed by atoms with Crippen LogP contribution < -0.4 is 0 Å². The second kappa shape index (κ2) is 13.7. The lowest BCUT2D eigenvalue weighted by molar-refractivity contribution is -0.138. The van der Waals surface area contributed by atoms with Gasteiger partial charge in [0.05, 0.1) is 0 Å². The van der Waals surface area contributed by atoms with Crippen molar-refractivity contribution in [2.24, 2.45) is 0 Å². The van der Waals surface area contributed by atoms with Crippen LogP contribution in [0.1, 0.15) is 20.3 Å². The van der Waals surface area contributed by atoms with Gasteiger partial charge < -0.3 is 9.47 Å². The topological polar surface area (TPSA) is 35.5 Å². The van der Waals surface area contributed by atoms with Crippen molar-refractivity contribution in [1.29, 1.82) is 0 Å². The number of ether oxygens (including phenoxy) is 2. The zero-order chi connectivity index (χ0) is 23.3. The highest BCUT2D eigenvalue weighted by Gasteiger charge is 2.10. The van der Waals surface area contributed by atoms with Crippen molar-refractivity contribution in [3.05, 3.63) is 121 Å². The van der Waals surface area contributed by atoms with Gasteiger partial charge in [0.25, 0.3) is 0 Å². The van der Waals surface area contributed by atoms with E-state index in [1.54, 1.807) is 18.2 Å². The predicted molar refractivity (Wildman–Crippen MR) is 124 cm³/mol. The molecule has 3 nitrogen and oxygen atoms in total. The Kier molecular flexibility index (Phi) is 12.2. The van der Waals surface area contributed by atoms with Crippen LogP contribution in [0.5, 0.6) is 0 Å². The van der Waals surface area contributed by atoms with Crippen molar-refractivity contribution >= 4 is 5.97 Å². The third-order valence-corrected chi connectivity index (χ3v) is 3.79. The number of allylic oxidation sites excluding steroid dienone is 11. The number of rotatable bonds is 14. The first kappa shape index (κ1) is 26.6. The van der Waals surface area contributed by atoms with Gasteiger partial charge in [-0.05, 0) is 47.8 Å². The first-order valence-corrected chi connectivity index (χ1v) is 9.32. The van der Waals surface area contributed by atoms with Gasteiger partial charge in [-0.3, -0.25) is 0 Å². The van der Waals surface area contributed by atoms with Crippen molar-refractivity contribution in [2.45, 2.75) is 20.3 Å². The van der Waals surface area contributed by atoms with Crippen LogP contribution >= 0.6 is 0 Å². The molecule has 30 heavy (non-hydrogen) atoms. The molecule has 0 aliphatic heterocycles. The zero-order valence-corrected chi connectivity index (χ0v) is 18.1. The Bertz CT molecular complexity index is 848. The molecule has 0 heterocycles. The van der Waals surface area contributed by atoms with Crippen molar-refractivity contribution in [3.63, 3.8) is 0 Å². The molecule has 0 N–H and O–H groups in total. The molecule has 0 saturated carbocycles. The molecule has 0 aromatic heterocycles. The number of hydrogen-bond donors (Lipinski definition) is 0. The number of halogens is 1. The number of carbonyl (C=O) groups excluding carboxylic acids is 1. The second-order valence-electron chi connectivity index (χ2n) is 6.41. The van der Waals surface area contributed by atoms with E-state index in [1.165, 1.54) is 6.08 Å². The SMILES string of the molecule is C=CC(=O)OCCO/C(=C/C(=C)C(=C)/C(F)=C\C(=C)C(=C)/C=C\C(=C)C)C(=C)CC. The molecule has 0 aliphatic rings. The zero-order valence-electron chi connectivity index (χ0n) is 18.1. The number of esters is 1. The lowest BCUT2D eigenvalue weighted by atomic mass is 10.0. The van der Waals surface area contributed by atoms with Gasteiger partial charge in [-0.1, -0.05) is 70.7 Å². The fourth-order valence-corrected chi connectivity index (χ4v) is 1.85. The van der Waals surface area contributed by atoms with E-state index in [2.05, 4.69) is 46.1 Å². The average molecular weight is 411 g/mol. The Morgan fingerprint density at radius 3 is 2.03 bits per heavy atom. The highest BCUT2D eigenvalue weighted by Crippen LogP contribution is 2.25. The fraction of sp³-hybridized carbons (Fsp3) is 0.192. The summed E-state index contributed by atoms with van der Waals surface area (Å²) in [5, 5.41) is 0. The fourth-order valence-electron chi connectivity index (χ4n) is 1.85. The standard InChI is InChI=1S/C26H31FO3/c1-10-19(5)25(29-14-15-30-26(28)11-2)17-22(8)23(9)24(27)16-21(7)20(6)13-12-18(3)4/h11-13,16-17H,2-3,5-10,14-15H2,1,4H3/b13-12-,24-16+,25-17+. The molecule has 4 heteroatoms. The van der Waals surface area contributed by atoms with E-state index in [0.29, 0.717) is 34.5 Å². The quantitative estimate of drug-likeness (QED) is 0.104. The van der Waals surface area contributed by atoms with Gasteiger partial charge in [-0.25, -0.2) is 9.18 Å². The molecule has 0 radical (unpaired) electrons. The number of hydrogen-bond acceptors (Lipinski definition) is 3. The molecule has 0 rings (SSSR count). The molecule has 0 spiro atoms. The molecule has 0 atom stereocenters. The molecule has 0 bridgehead atoms. The van der Waals surface area contributed by atoms with E-state index < -0.39 is 11.8 Å². The van der Waals surface area contributed by atoms with Crippen LogP contribution in [0.2, 0.25) is 0 Å². The van der Waals surface area contributed by atoms with E-state index >= 15 is 0 Å². The largest absolute Gasteiger partial charge is 0.490 e. The summed E-state index contributed by atoms with van der Waals surface area (Å²) in [7, 11) is 0. The van der Waals surface area contributed by atoms with E-state index in [4.69, 9.17) is 9.47 Å². The van der Waals surface area contributed by atoms with Gasteiger partial charge in [-0.2, -0.15) is 0 Å². The normalized spacial score (nSPS) is 11.6. The Morgan fingerprint density at radius 1 is 0.900 bits per heavy atom. The minimum absolute atomic E-state index is 0.0422. The van der Waals surface area contributed by atoms with E-state index in [-0.39, 0.29) is 18.8 Å². The third kappa shape index (κ3) is 10.2. The predicted octanol–water partition coefficient (Wildman–Crippen LogP) is 6.79. The molecule has 0 saturated heterocycles. The average Bonchev–Trinajstić information content (AvgIpc) is 2.71. The Hall–Kier alpha value is -3.40. The summed E-state index contributed by atoms with van der Waals surface area (Å²) >= 11 is 0. The first-order chi connectivity index (χ1) is 14.0. The van der Waals surface area contributed by atoms with Crippen molar-refractivity contribution < 1.29 is 18.7 Å². The molecular weight excluding hydrogens is 379 g/mol. The van der Waals surface area contributed by atoms with Crippen molar-refractivity contribution in [3.8, 4) is 0 Å². The van der Waals surface area contributed by atoms with Gasteiger partial charge in [0, 0.05) is 11.6 Å². The van der Waals surface area contributed by atoms with Crippen LogP contribution in [0.15, 0.2) is 121 Å². The van der Waals surface area contributed by atoms with Gasteiger partial charge in [-0.15, -0.1) is 0 Å². The Labute approximate surface area is 180 Å². The maximum Gasteiger partial charge on any atom is 0.330 e. The summed E-state index contributed by atoms with van der Waals surface area (Å²) in [6, 6.07) is 0. The first-order valence-electron chi connectivity index (χ1n) is 9.32. The maximum atomic E-state index is 14.6. The van der Waals surface area contributed by atoms with Gasteiger partial charge in [0.2, 0.25) is 0 Å². The minimum Gasteiger partial charge on any atom is -0.490 e. The molecule has 0 aliphatic carbocycles. The molecule has 0 aromatic rings. The summed E-state index contributed by atoms with van der Waals surface area (Å²) in [6.45, 7) is 30.2. The molecule has 0 amide bonds. The Balaban J connectivity index is 5.25. The molecule has 0 fully saturated rings. The smallest absolute Gasteiger partial charge is 0.330 e.